The molecule has 2 aromatic rings. The summed E-state index contributed by atoms with van der Waals surface area (Å²) >= 11 is 5.03. The van der Waals surface area contributed by atoms with Crippen LogP contribution in [0.15, 0.2) is 33.4 Å². The molecule has 0 fully saturated rings. The third-order valence-electron chi connectivity index (χ3n) is 3.03. The van der Waals surface area contributed by atoms with Gasteiger partial charge >= 0.3 is 0 Å². The van der Waals surface area contributed by atoms with E-state index in [0.29, 0.717) is 23.6 Å². The SMILES string of the molecule is COc1ccc(C(=O)N(C)Cc2csc(Br)c2)c(OC)c1. The Hall–Kier alpha value is -1.53. The smallest absolute Gasteiger partial charge is 0.257 e. The van der Waals surface area contributed by atoms with E-state index in [0.717, 1.165) is 9.35 Å². The molecule has 0 bridgehead atoms. The number of thiophene rings is 1. The van der Waals surface area contributed by atoms with Crippen molar-refractivity contribution in [3.8, 4) is 11.5 Å². The number of benzene rings is 1. The molecule has 112 valence electrons. The highest BCUT2D eigenvalue weighted by atomic mass is 79.9. The second-order valence-corrected chi connectivity index (χ2v) is 6.78. The number of amides is 1. The normalized spacial score (nSPS) is 10.3. The van der Waals surface area contributed by atoms with Gasteiger partial charge in [0.2, 0.25) is 0 Å². The highest BCUT2D eigenvalue weighted by Gasteiger charge is 2.17. The molecule has 0 aliphatic heterocycles. The first-order chi connectivity index (χ1) is 10.0. The summed E-state index contributed by atoms with van der Waals surface area (Å²) in [7, 11) is 4.90. The Balaban J connectivity index is 2.18. The number of hydrogen-bond acceptors (Lipinski definition) is 4. The number of methoxy groups -OCH3 is 2. The summed E-state index contributed by atoms with van der Waals surface area (Å²) in [6, 6.07) is 7.20. The molecule has 0 aliphatic rings. The molecule has 0 atom stereocenters. The summed E-state index contributed by atoms with van der Waals surface area (Å²) in [4.78, 5) is 14.2. The van der Waals surface area contributed by atoms with E-state index in [1.807, 2.05) is 11.4 Å². The fourth-order valence-corrected chi connectivity index (χ4v) is 3.16. The molecule has 0 unspecified atom stereocenters. The van der Waals surface area contributed by atoms with Crippen molar-refractivity contribution in [1.82, 2.24) is 4.90 Å². The van der Waals surface area contributed by atoms with Crippen LogP contribution in [0.1, 0.15) is 15.9 Å². The Morgan fingerprint density at radius 1 is 1.29 bits per heavy atom. The fraction of sp³-hybridized carbons (Fsp3) is 0.267. The minimum Gasteiger partial charge on any atom is -0.497 e. The standard InChI is InChI=1S/C15H16BrNO3S/c1-17(8-10-6-14(16)21-9-10)15(18)12-5-4-11(19-2)7-13(12)20-3/h4-7,9H,8H2,1-3H3. The Bertz CT molecular complexity index is 642. The van der Waals surface area contributed by atoms with Gasteiger partial charge in [0, 0.05) is 19.7 Å². The maximum atomic E-state index is 12.5. The second kappa shape index (κ2) is 6.95. The molecule has 1 aromatic heterocycles. The van der Waals surface area contributed by atoms with Gasteiger partial charge in [0.15, 0.2) is 0 Å². The lowest BCUT2D eigenvalue weighted by atomic mass is 10.1. The van der Waals surface area contributed by atoms with Crippen molar-refractivity contribution in [3.05, 3.63) is 44.6 Å². The molecule has 21 heavy (non-hydrogen) atoms. The first-order valence-corrected chi connectivity index (χ1v) is 7.92. The van der Waals surface area contributed by atoms with Crippen molar-refractivity contribution in [3.63, 3.8) is 0 Å². The lowest BCUT2D eigenvalue weighted by Crippen LogP contribution is -2.26. The van der Waals surface area contributed by atoms with E-state index in [4.69, 9.17) is 9.47 Å². The molecule has 0 radical (unpaired) electrons. The van der Waals surface area contributed by atoms with E-state index in [-0.39, 0.29) is 5.91 Å². The molecule has 0 spiro atoms. The first-order valence-electron chi connectivity index (χ1n) is 6.25. The van der Waals surface area contributed by atoms with E-state index in [1.165, 1.54) is 0 Å². The second-order valence-electron chi connectivity index (χ2n) is 4.49. The van der Waals surface area contributed by atoms with Gasteiger partial charge in [-0.2, -0.15) is 0 Å². The van der Waals surface area contributed by atoms with Crippen LogP contribution in [0.3, 0.4) is 0 Å². The van der Waals surface area contributed by atoms with Crippen molar-refractivity contribution in [2.45, 2.75) is 6.54 Å². The van der Waals surface area contributed by atoms with Gasteiger partial charge in [0.25, 0.3) is 5.91 Å². The van der Waals surface area contributed by atoms with E-state index >= 15 is 0 Å². The molecule has 1 aromatic carbocycles. The molecule has 6 heteroatoms. The lowest BCUT2D eigenvalue weighted by Gasteiger charge is -2.18. The van der Waals surface area contributed by atoms with Gasteiger partial charge in [-0.15, -0.1) is 11.3 Å². The van der Waals surface area contributed by atoms with Crippen LogP contribution in [-0.2, 0) is 6.54 Å². The van der Waals surface area contributed by atoms with Crippen LogP contribution in [0.4, 0.5) is 0 Å². The summed E-state index contributed by atoms with van der Waals surface area (Å²) in [5.41, 5.74) is 1.62. The summed E-state index contributed by atoms with van der Waals surface area (Å²) in [6.07, 6.45) is 0. The fourth-order valence-electron chi connectivity index (χ4n) is 1.96. The van der Waals surface area contributed by atoms with E-state index in [9.17, 15) is 4.79 Å². The number of hydrogen-bond donors (Lipinski definition) is 0. The molecule has 1 heterocycles. The minimum absolute atomic E-state index is 0.0863. The largest absolute Gasteiger partial charge is 0.497 e. The van der Waals surface area contributed by atoms with Gasteiger partial charge in [-0.1, -0.05) is 0 Å². The van der Waals surface area contributed by atoms with Crippen LogP contribution in [0, 0.1) is 0 Å². The molecule has 1 amide bonds. The van der Waals surface area contributed by atoms with Gasteiger partial charge < -0.3 is 14.4 Å². The van der Waals surface area contributed by atoms with Gasteiger partial charge in [0.1, 0.15) is 11.5 Å². The molecule has 0 saturated carbocycles. The summed E-state index contributed by atoms with van der Waals surface area (Å²) in [6.45, 7) is 0.552. The zero-order chi connectivity index (χ0) is 15.4. The van der Waals surface area contributed by atoms with Gasteiger partial charge in [-0.3, -0.25) is 4.79 Å². The minimum atomic E-state index is -0.0863. The Morgan fingerprint density at radius 3 is 2.62 bits per heavy atom. The number of carbonyl (C=O) groups is 1. The summed E-state index contributed by atoms with van der Waals surface area (Å²) in [5, 5.41) is 2.03. The van der Waals surface area contributed by atoms with Gasteiger partial charge in [0.05, 0.1) is 23.6 Å². The zero-order valence-corrected chi connectivity index (χ0v) is 14.5. The molecule has 2 rings (SSSR count). The topological polar surface area (TPSA) is 38.8 Å². The maximum absolute atomic E-state index is 12.5. The highest BCUT2D eigenvalue weighted by molar-refractivity contribution is 9.11. The van der Waals surface area contributed by atoms with Crippen LogP contribution < -0.4 is 9.47 Å². The zero-order valence-electron chi connectivity index (χ0n) is 12.1. The van der Waals surface area contributed by atoms with Gasteiger partial charge in [-0.25, -0.2) is 0 Å². The number of rotatable bonds is 5. The third kappa shape index (κ3) is 3.77. The maximum Gasteiger partial charge on any atom is 0.257 e. The Kier molecular flexibility index (Phi) is 5.25. The van der Waals surface area contributed by atoms with Crippen LogP contribution in [-0.4, -0.2) is 32.1 Å². The van der Waals surface area contributed by atoms with Crippen molar-refractivity contribution in [1.29, 1.82) is 0 Å². The first kappa shape index (κ1) is 15.9. The molecule has 0 N–H and O–H groups in total. The Labute approximate surface area is 136 Å². The third-order valence-corrected chi connectivity index (χ3v) is 4.58. The van der Waals surface area contributed by atoms with Crippen LogP contribution >= 0.6 is 27.3 Å². The van der Waals surface area contributed by atoms with E-state index in [1.54, 1.807) is 55.7 Å². The van der Waals surface area contributed by atoms with Crippen molar-refractivity contribution >= 4 is 33.2 Å². The number of halogens is 1. The van der Waals surface area contributed by atoms with Crippen molar-refractivity contribution < 1.29 is 14.3 Å². The summed E-state index contributed by atoms with van der Waals surface area (Å²) < 4.78 is 11.5. The van der Waals surface area contributed by atoms with Crippen molar-refractivity contribution in [2.24, 2.45) is 0 Å². The van der Waals surface area contributed by atoms with E-state index in [2.05, 4.69) is 15.9 Å². The van der Waals surface area contributed by atoms with Gasteiger partial charge in [-0.05, 0) is 45.1 Å². The summed E-state index contributed by atoms with van der Waals surface area (Å²) in [5.74, 6) is 1.09. The molecule has 0 saturated heterocycles. The molecule has 0 aliphatic carbocycles. The average molecular weight is 370 g/mol. The Morgan fingerprint density at radius 2 is 2.05 bits per heavy atom. The van der Waals surface area contributed by atoms with Crippen LogP contribution in [0.25, 0.3) is 0 Å². The average Bonchev–Trinajstić information content (AvgIpc) is 2.90. The number of carbonyl (C=O) groups excluding carboxylic acids is 1. The quantitative estimate of drug-likeness (QED) is 0.804. The number of nitrogens with zero attached hydrogens (tertiary/aromatic N) is 1. The van der Waals surface area contributed by atoms with Crippen LogP contribution in [0.5, 0.6) is 11.5 Å². The van der Waals surface area contributed by atoms with Crippen molar-refractivity contribution in [2.75, 3.05) is 21.3 Å². The predicted octanol–water partition coefficient (Wildman–Crippen LogP) is 3.80. The number of ether oxygens (including phenoxy) is 2. The molecular weight excluding hydrogens is 354 g/mol. The lowest BCUT2D eigenvalue weighted by molar-refractivity contribution is 0.0782. The molecule has 4 nitrogen and oxygen atoms in total. The van der Waals surface area contributed by atoms with Crippen LogP contribution in [0.2, 0.25) is 0 Å². The monoisotopic (exact) mass is 369 g/mol. The predicted molar refractivity (Wildman–Crippen MR) is 87.4 cm³/mol. The molecular formula is C15H16BrNO3S. The van der Waals surface area contributed by atoms with E-state index < -0.39 is 0 Å². The highest BCUT2D eigenvalue weighted by Crippen LogP contribution is 2.26.